The Kier molecular flexibility index (Phi) is 7.15. The molecule has 0 heterocycles. The molecule has 2 aromatic rings. The van der Waals surface area contributed by atoms with Crippen LogP contribution in [0.3, 0.4) is 0 Å². The van der Waals surface area contributed by atoms with Crippen molar-refractivity contribution in [3.05, 3.63) is 67.3 Å². The molecule has 0 unspecified atom stereocenters. The van der Waals surface area contributed by atoms with E-state index in [1.54, 1.807) is 17.0 Å². The molecule has 1 N–H and O–H groups in total. The molecule has 1 amide bonds. The Morgan fingerprint density at radius 2 is 1.74 bits per heavy atom. The molecule has 0 atom stereocenters. The van der Waals surface area contributed by atoms with Crippen LogP contribution in [0.5, 0.6) is 0 Å². The second-order valence-corrected chi connectivity index (χ2v) is 7.97. The standard InChI is InChI=1S/C20H25N3O3S/c1-4-15-22(3)27(25,26)19-13-11-17(12-14-19)21-16-20(24)23(5-2)18-9-7-6-8-10-18/h4,6-14,21H,1,5,15-16H2,2-3H3. The number of carbonyl (C=O) groups is 1. The molecule has 0 fully saturated rings. The van der Waals surface area contributed by atoms with Gasteiger partial charge in [0.05, 0.1) is 11.4 Å². The van der Waals surface area contributed by atoms with Crippen LogP contribution in [0.4, 0.5) is 11.4 Å². The summed E-state index contributed by atoms with van der Waals surface area (Å²) in [6.07, 6.45) is 1.53. The van der Waals surface area contributed by atoms with Crippen molar-refractivity contribution in [2.75, 3.05) is 36.9 Å². The van der Waals surface area contributed by atoms with Gasteiger partial charge < -0.3 is 10.2 Å². The first-order valence-electron chi connectivity index (χ1n) is 8.66. The maximum Gasteiger partial charge on any atom is 0.246 e. The van der Waals surface area contributed by atoms with Gasteiger partial charge in [-0.15, -0.1) is 6.58 Å². The first kappa shape index (κ1) is 20.7. The summed E-state index contributed by atoms with van der Waals surface area (Å²) in [7, 11) is -2.04. The quantitative estimate of drug-likeness (QED) is 0.672. The minimum absolute atomic E-state index is 0.0638. The van der Waals surface area contributed by atoms with E-state index in [0.29, 0.717) is 12.2 Å². The molecule has 0 aromatic heterocycles. The average molecular weight is 388 g/mol. The Balaban J connectivity index is 2.02. The highest BCUT2D eigenvalue weighted by atomic mass is 32.2. The van der Waals surface area contributed by atoms with Crippen LogP contribution >= 0.6 is 0 Å². The molecule has 0 saturated heterocycles. The summed E-state index contributed by atoms with van der Waals surface area (Å²) >= 11 is 0. The lowest BCUT2D eigenvalue weighted by Crippen LogP contribution is -2.35. The SMILES string of the molecule is C=CCN(C)S(=O)(=O)c1ccc(NCC(=O)N(CC)c2ccccc2)cc1. The van der Waals surface area contributed by atoms with E-state index >= 15 is 0 Å². The average Bonchev–Trinajstić information content (AvgIpc) is 2.68. The molecule has 0 aliphatic carbocycles. The highest BCUT2D eigenvalue weighted by Crippen LogP contribution is 2.18. The molecule has 7 heteroatoms. The van der Waals surface area contributed by atoms with Crippen molar-refractivity contribution < 1.29 is 13.2 Å². The molecule has 0 aliphatic heterocycles. The summed E-state index contributed by atoms with van der Waals surface area (Å²) in [6.45, 7) is 6.40. The van der Waals surface area contributed by atoms with E-state index in [9.17, 15) is 13.2 Å². The van der Waals surface area contributed by atoms with Gasteiger partial charge in [0.15, 0.2) is 0 Å². The third-order valence-electron chi connectivity index (χ3n) is 4.08. The van der Waals surface area contributed by atoms with E-state index in [-0.39, 0.29) is 23.9 Å². The van der Waals surface area contributed by atoms with Crippen LogP contribution in [-0.2, 0) is 14.8 Å². The summed E-state index contributed by atoms with van der Waals surface area (Å²) in [5, 5.41) is 3.05. The number of hydrogen-bond acceptors (Lipinski definition) is 4. The maximum absolute atomic E-state index is 12.5. The highest BCUT2D eigenvalue weighted by molar-refractivity contribution is 7.89. The van der Waals surface area contributed by atoms with Gasteiger partial charge in [-0.05, 0) is 43.3 Å². The van der Waals surface area contributed by atoms with E-state index in [2.05, 4.69) is 11.9 Å². The number of benzene rings is 2. The monoisotopic (exact) mass is 387 g/mol. The number of nitrogens with one attached hydrogen (secondary N) is 1. The summed E-state index contributed by atoms with van der Waals surface area (Å²) < 4.78 is 26.0. The first-order chi connectivity index (χ1) is 12.9. The summed E-state index contributed by atoms with van der Waals surface area (Å²) in [5.41, 5.74) is 1.52. The van der Waals surface area contributed by atoms with Crippen molar-refractivity contribution in [1.82, 2.24) is 4.31 Å². The molecule has 0 bridgehead atoms. The minimum Gasteiger partial charge on any atom is -0.376 e. The fourth-order valence-corrected chi connectivity index (χ4v) is 3.73. The van der Waals surface area contributed by atoms with Gasteiger partial charge in [0.25, 0.3) is 0 Å². The highest BCUT2D eigenvalue weighted by Gasteiger charge is 2.19. The van der Waals surface area contributed by atoms with E-state index in [0.717, 1.165) is 5.69 Å². The van der Waals surface area contributed by atoms with Gasteiger partial charge in [0.1, 0.15) is 0 Å². The Bertz CT molecular complexity index is 865. The van der Waals surface area contributed by atoms with Crippen LogP contribution in [0.1, 0.15) is 6.92 Å². The van der Waals surface area contributed by atoms with Crippen molar-refractivity contribution in [3.63, 3.8) is 0 Å². The third kappa shape index (κ3) is 5.18. The smallest absolute Gasteiger partial charge is 0.246 e. The Labute approximate surface area is 161 Å². The normalized spacial score (nSPS) is 11.2. The lowest BCUT2D eigenvalue weighted by atomic mass is 10.2. The lowest BCUT2D eigenvalue weighted by molar-refractivity contribution is -0.116. The predicted molar refractivity (Wildman–Crippen MR) is 109 cm³/mol. The number of para-hydroxylation sites is 1. The van der Waals surface area contributed by atoms with E-state index in [1.165, 1.54) is 29.6 Å². The molecule has 6 nitrogen and oxygen atoms in total. The summed E-state index contributed by atoms with van der Waals surface area (Å²) in [5.74, 6) is -0.0638. The fraction of sp³-hybridized carbons (Fsp3) is 0.250. The van der Waals surface area contributed by atoms with Gasteiger partial charge >= 0.3 is 0 Å². The van der Waals surface area contributed by atoms with Crippen molar-refractivity contribution in [3.8, 4) is 0 Å². The van der Waals surface area contributed by atoms with E-state index < -0.39 is 10.0 Å². The number of rotatable bonds is 9. The number of amides is 1. The molecule has 2 aromatic carbocycles. The predicted octanol–water partition coefficient (Wildman–Crippen LogP) is 2.96. The Morgan fingerprint density at radius 1 is 1.11 bits per heavy atom. The van der Waals surface area contributed by atoms with Crippen LogP contribution < -0.4 is 10.2 Å². The van der Waals surface area contributed by atoms with Gasteiger partial charge in [0, 0.05) is 31.5 Å². The van der Waals surface area contributed by atoms with Crippen LogP contribution in [0.2, 0.25) is 0 Å². The second kappa shape index (κ2) is 9.34. The number of sulfonamides is 1. The number of anilines is 2. The van der Waals surface area contributed by atoms with Crippen molar-refractivity contribution in [2.24, 2.45) is 0 Å². The maximum atomic E-state index is 12.5. The van der Waals surface area contributed by atoms with Gasteiger partial charge in [-0.1, -0.05) is 24.3 Å². The van der Waals surface area contributed by atoms with Gasteiger partial charge in [0.2, 0.25) is 15.9 Å². The van der Waals surface area contributed by atoms with Gasteiger partial charge in [-0.25, -0.2) is 8.42 Å². The largest absolute Gasteiger partial charge is 0.376 e. The van der Waals surface area contributed by atoms with E-state index in [4.69, 9.17) is 0 Å². The van der Waals surface area contributed by atoms with Crippen LogP contribution in [0, 0.1) is 0 Å². The minimum atomic E-state index is -3.54. The summed E-state index contributed by atoms with van der Waals surface area (Å²) in [6, 6.07) is 15.8. The zero-order chi connectivity index (χ0) is 19.9. The Morgan fingerprint density at radius 3 is 2.30 bits per heavy atom. The third-order valence-corrected chi connectivity index (χ3v) is 5.92. The topological polar surface area (TPSA) is 69.7 Å². The van der Waals surface area contributed by atoms with Crippen molar-refractivity contribution >= 4 is 27.3 Å². The zero-order valence-electron chi connectivity index (χ0n) is 15.6. The number of nitrogens with zero attached hydrogens (tertiary/aromatic N) is 2. The van der Waals surface area contributed by atoms with Crippen LogP contribution in [0.15, 0.2) is 72.1 Å². The van der Waals surface area contributed by atoms with Crippen molar-refractivity contribution in [1.29, 1.82) is 0 Å². The first-order valence-corrected chi connectivity index (χ1v) is 10.1. The number of hydrogen-bond donors (Lipinski definition) is 1. The molecule has 0 aliphatic rings. The summed E-state index contributed by atoms with van der Waals surface area (Å²) in [4.78, 5) is 14.4. The van der Waals surface area contributed by atoms with Crippen molar-refractivity contribution in [2.45, 2.75) is 11.8 Å². The molecule has 0 saturated carbocycles. The molecule has 0 spiro atoms. The molecule has 0 radical (unpaired) electrons. The lowest BCUT2D eigenvalue weighted by Gasteiger charge is -2.21. The second-order valence-electron chi connectivity index (χ2n) is 5.93. The van der Waals surface area contributed by atoms with Crippen LogP contribution in [-0.4, -0.2) is 45.3 Å². The molecule has 27 heavy (non-hydrogen) atoms. The van der Waals surface area contributed by atoms with Gasteiger partial charge in [-0.2, -0.15) is 4.31 Å². The molecular formula is C20H25N3O3S. The fourth-order valence-electron chi connectivity index (χ4n) is 2.59. The molecule has 144 valence electrons. The number of carbonyl (C=O) groups excluding carboxylic acids is 1. The zero-order valence-corrected chi connectivity index (χ0v) is 16.4. The molecular weight excluding hydrogens is 362 g/mol. The molecule has 2 rings (SSSR count). The van der Waals surface area contributed by atoms with E-state index in [1.807, 2.05) is 37.3 Å². The van der Waals surface area contributed by atoms with Crippen LogP contribution in [0.25, 0.3) is 0 Å². The Hall–Kier alpha value is -2.64. The number of likely N-dealkylation sites (N-methyl/N-ethyl adjacent to an activating group) is 2. The van der Waals surface area contributed by atoms with Gasteiger partial charge in [-0.3, -0.25) is 4.79 Å².